The Hall–Kier alpha value is -6.41. The van der Waals surface area contributed by atoms with Gasteiger partial charge in [-0.15, -0.1) is 0 Å². The third kappa shape index (κ3) is 24.6. The molecule has 3 heterocycles. The van der Waals surface area contributed by atoms with E-state index in [9.17, 15) is 22.8 Å². The summed E-state index contributed by atoms with van der Waals surface area (Å²) in [6, 6.07) is 46.1. The van der Waals surface area contributed by atoms with Crippen LogP contribution in [0.5, 0.6) is 5.75 Å². The minimum absolute atomic E-state index is 0.0272. The molecule has 4 unspecified atom stereocenters. The number of alkyl halides is 3. The lowest BCUT2D eigenvalue weighted by Gasteiger charge is -2.43. The number of methoxy groups -OCH3 is 1. The van der Waals surface area contributed by atoms with E-state index in [4.69, 9.17) is 27.9 Å². The lowest BCUT2D eigenvalue weighted by molar-refractivity contribution is -0.137. The molecule has 11 rings (SSSR count). The summed E-state index contributed by atoms with van der Waals surface area (Å²) < 4.78 is 44.7. The summed E-state index contributed by atoms with van der Waals surface area (Å²) in [4.78, 5) is 40.6. The number of ether oxygens (including phenoxy) is 1. The summed E-state index contributed by atoms with van der Waals surface area (Å²) in [5.41, 5.74) is 9.36. The van der Waals surface area contributed by atoms with Crippen molar-refractivity contribution in [1.29, 1.82) is 0 Å². The van der Waals surface area contributed by atoms with Gasteiger partial charge in [-0.25, -0.2) is 9.59 Å². The molecule has 4 amide bonds. The second-order valence-electron chi connectivity index (χ2n) is 30.3. The molecule has 3 saturated heterocycles. The van der Waals surface area contributed by atoms with Gasteiger partial charge in [0.05, 0.1) is 28.8 Å². The molecule has 102 heavy (non-hydrogen) atoms. The average Bonchev–Trinajstić information content (AvgIpc) is 0.831. The van der Waals surface area contributed by atoms with Gasteiger partial charge in [-0.1, -0.05) is 180 Å². The molecule has 0 aromatic heterocycles. The van der Waals surface area contributed by atoms with Gasteiger partial charge in [-0.3, -0.25) is 24.5 Å². The van der Waals surface area contributed by atoms with Gasteiger partial charge in [-0.05, 0) is 166 Å². The summed E-state index contributed by atoms with van der Waals surface area (Å²) >= 11 is 12.3. The second kappa shape index (κ2) is 39.1. The minimum Gasteiger partial charge on any atom is -0.497 e. The maximum Gasteiger partial charge on any atom is 0.416 e. The predicted molar refractivity (Wildman–Crippen MR) is 416 cm³/mol. The van der Waals surface area contributed by atoms with Crippen LogP contribution in [-0.2, 0) is 18.0 Å². The van der Waals surface area contributed by atoms with E-state index in [-0.39, 0.29) is 41.6 Å². The standard InChI is InChI=1S/C30H44N4O2.C28H38F3N3.C25H34Cl2N4O/c1-30(2,3)24-12-14-25(15-13-24)32-29(35)31-22-28(23-10-16-27(36-4)17-11-23)34-20-18-33(19-21-34)26-8-6-5-7-9-26;1-22-7-9-23(10-8-22)15-16-32-21-27(24-11-13-25(14-12-24)28(29,30)31)34-19-17-33(18-20-34)26-5-3-2-4-6-26;1-17(2)15-24(19(4)28-25(32)29-20-7-5-18(3)6-8-20)31-13-11-30(12-14-31)21-9-10-22(26)23(27)16-21/h10-17,26,28H,5-9,18-22H2,1-4H3,(H2,31,32,35);7-14,26-27,32H,2-6,15-21H2,1H3;5-10,16-17,19,24H,11-15H2,1-4H3,(H2,28,29,32). The van der Waals surface area contributed by atoms with E-state index < -0.39 is 11.7 Å². The number of halogens is 5. The number of piperazine rings is 3. The number of anilines is 3. The zero-order valence-corrected chi connectivity index (χ0v) is 63.7. The quantitative estimate of drug-likeness (QED) is 0.0420. The first kappa shape index (κ1) is 79.7. The molecule has 5 fully saturated rings. The number of amides is 4. The fourth-order valence-electron chi connectivity index (χ4n) is 15.3. The van der Waals surface area contributed by atoms with Gasteiger partial charge in [0, 0.05) is 139 Å². The van der Waals surface area contributed by atoms with Crippen molar-refractivity contribution in [2.24, 2.45) is 5.92 Å². The Morgan fingerprint density at radius 3 is 1.50 bits per heavy atom. The summed E-state index contributed by atoms with van der Waals surface area (Å²) in [5.74, 6) is 1.39. The molecule has 3 aliphatic heterocycles. The monoisotopic (exact) mass is 1440 g/mol. The van der Waals surface area contributed by atoms with Crippen molar-refractivity contribution in [3.05, 3.63) is 189 Å². The molecule has 14 nitrogen and oxygen atoms in total. The van der Waals surface area contributed by atoms with Gasteiger partial charge in [0.1, 0.15) is 5.75 Å². The lowest BCUT2D eigenvalue weighted by Crippen LogP contribution is -2.57. The van der Waals surface area contributed by atoms with Crippen molar-refractivity contribution in [2.75, 3.05) is 121 Å². The molecule has 6 aromatic rings. The fraction of sp³-hybridized carbons (Fsp3) is 0.542. The number of aryl methyl sites for hydroxylation is 2. The van der Waals surface area contributed by atoms with Crippen molar-refractivity contribution >= 4 is 52.3 Å². The van der Waals surface area contributed by atoms with Gasteiger partial charge >= 0.3 is 18.2 Å². The molecule has 4 atom stereocenters. The molecule has 19 heteroatoms. The Labute approximate surface area is 618 Å². The van der Waals surface area contributed by atoms with Crippen molar-refractivity contribution in [2.45, 2.75) is 180 Å². The van der Waals surface area contributed by atoms with E-state index in [1.807, 2.05) is 73.7 Å². The van der Waals surface area contributed by atoms with Crippen LogP contribution in [0.15, 0.2) is 140 Å². The smallest absolute Gasteiger partial charge is 0.416 e. The SMILES string of the molecule is COc1ccc(C(CNC(=O)Nc2ccc(C(C)(C)C)cc2)N2CCN(C3CCCCC3)CC2)cc1.Cc1ccc(CCNCC(c2ccc(C(F)(F)F)cc2)N2CCN(C3CCCCC3)CC2)cc1.Cc1ccc(NC(=O)NC(C)C(CC(C)C)N2CCN(c3ccc(Cl)c(Cl)c3)CC2)cc1. The maximum absolute atomic E-state index is 13.1. The Morgan fingerprint density at radius 1 is 0.539 bits per heavy atom. The molecule has 5 aliphatic rings. The van der Waals surface area contributed by atoms with Gasteiger partial charge in [0.2, 0.25) is 0 Å². The molecule has 2 aliphatic carbocycles. The zero-order chi connectivity index (χ0) is 72.8. The van der Waals surface area contributed by atoms with Gasteiger partial charge in [-0.2, -0.15) is 13.2 Å². The number of hydrogen-bond donors (Lipinski definition) is 5. The number of hydrogen-bond acceptors (Lipinski definition) is 10. The minimum atomic E-state index is -4.30. The average molecular weight is 1440 g/mol. The van der Waals surface area contributed by atoms with E-state index >= 15 is 0 Å². The Balaban J connectivity index is 0.000000178. The van der Waals surface area contributed by atoms with Crippen molar-refractivity contribution in [3.63, 3.8) is 0 Å². The van der Waals surface area contributed by atoms with Crippen LogP contribution < -0.4 is 36.2 Å². The molecule has 2 saturated carbocycles. The van der Waals surface area contributed by atoms with E-state index in [2.05, 4.69) is 153 Å². The number of rotatable bonds is 22. The Kier molecular flexibility index (Phi) is 30.5. The second-order valence-corrected chi connectivity index (χ2v) is 31.1. The van der Waals surface area contributed by atoms with Crippen LogP contribution in [-0.4, -0.2) is 166 Å². The molecule has 556 valence electrons. The zero-order valence-electron chi connectivity index (χ0n) is 62.2. The lowest BCUT2D eigenvalue weighted by atomic mass is 9.87. The van der Waals surface area contributed by atoms with Crippen molar-refractivity contribution in [3.8, 4) is 5.75 Å². The first-order chi connectivity index (χ1) is 49.0. The van der Waals surface area contributed by atoms with Gasteiger partial charge in [0.15, 0.2) is 0 Å². The third-order valence-electron chi connectivity index (χ3n) is 21.4. The highest BCUT2D eigenvalue weighted by atomic mass is 35.5. The molecule has 6 aromatic carbocycles. The van der Waals surface area contributed by atoms with Crippen LogP contribution in [0.25, 0.3) is 0 Å². The highest BCUT2D eigenvalue weighted by Gasteiger charge is 2.35. The summed E-state index contributed by atoms with van der Waals surface area (Å²) in [5, 5.41) is 17.0. The van der Waals surface area contributed by atoms with E-state index in [1.165, 1.54) is 104 Å². The van der Waals surface area contributed by atoms with Crippen LogP contribution in [0.4, 0.5) is 39.8 Å². The van der Waals surface area contributed by atoms with Crippen molar-refractivity contribution < 1.29 is 27.5 Å². The molecule has 0 bridgehead atoms. The first-order valence-electron chi connectivity index (χ1n) is 37.7. The van der Waals surface area contributed by atoms with Crippen LogP contribution in [0, 0.1) is 19.8 Å². The third-order valence-corrected chi connectivity index (χ3v) is 22.1. The summed E-state index contributed by atoms with van der Waals surface area (Å²) in [7, 11) is 1.69. The number of nitrogens with one attached hydrogen (secondary N) is 5. The molecular weight excluding hydrogens is 1330 g/mol. The molecule has 5 N–H and O–H groups in total. The van der Waals surface area contributed by atoms with Crippen LogP contribution >= 0.6 is 23.2 Å². The Morgan fingerprint density at radius 2 is 1.01 bits per heavy atom. The number of urea groups is 2. The number of carbonyl (C=O) groups is 2. The van der Waals surface area contributed by atoms with E-state index in [0.717, 1.165) is 139 Å². The van der Waals surface area contributed by atoms with E-state index in [1.54, 1.807) is 19.2 Å². The first-order valence-corrected chi connectivity index (χ1v) is 38.5. The summed E-state index contributed by atoms with van der Waals surface area (Å²) in [6.07, 6.45) is 11.2. The number of carbonyl (C=O) groups excluding carboxylic acids is 2. The van der Waals surface area contributed by atoms with Crippen LogP contribution in [0.1, 0.15) is 163 Å². The highest BCUT2D eigenvalue weighted by molar-refractivity contribution is 6.42. The fourth-order valence-corrected chi connectivity index (χ4v) is 15.5. The number of benzene rings is 6. The Bertz CT molecular complexity index is 3450. The van der Waals surface area contributed by atoms with Gasteiger partial charge in [0.25, 0.3) is 0 Å². The van der Waals surface area contributed by atoms with Crippen molar-refractivity contribution in [1.82, 2.24) is 40.4 Å². The van der Waals surface area contributed by atoms with Crippen LogP contribution in [0.3, 0.4) is 0 Å². The molecule has 0 radical (unpaired) electrons. The largest absolute Gasteiger partial charge is 0.497 e. The topological polar surface area (TPSA) is 123 Å². The number of nitrogens with zero attached hydrogens (tertiary/aromatic N) is 6. The van der Waals surface area contributed by atoms with E-state index in [0.29, 0.717) is 28.5 Å². The molecular formula is C83H116Cl2F3N11O3. The highest BCUT2D eigenvalue weighted by Crippen LogP contribution is 2.34. The molecule has 0 spiro atoms. The predicted octanol–water partition coefficient (Wildman–Crippen LogP) is 17.7. The maximum atomic E-state index is 13.1. The van der Waals surface area contributed by atoms with Crippen LogP contribution in [0.2, 0.25) is 10.0 Å². The normalized spacial score (nSPS) is 18.6. The van der Waals surface area contributed by atoms with Gasteiger partial charge < -0.3 is 36.2 Å². The summed E-state index contributed by atoms with van der Waals surface area (Å²) in [6.45, 7) is 31.4.